The molecular weight excluding hydrogens is 207 g/mol. The van der Waals surface area contributed by atoms with Crippen LogP contribution in [0.15, 0.2) is 0 Å². The third-order valence-electron chi connectivity index (χ3n) is 3.21. The van der Waals surface area contributed by atoms with E-state index in [1.165, 1.54) is 0 Å². The van der Waals surface area contributed by atoms with Gasteiger partial charge in [0, 0.05) is 19.7 Å². The number of methoxy groups -OCH3 is 1. The summed E-state index contributed by atoms with van der Waals surface area (Å²) in [5, 5.41) is 0. The average Bonchev–Trinajstić information content (AvgIpc) is 3.03. The number of rotatable bonds is 5. The van der Waals surface area contributed by atoms with E-state index in [0.29, 0.717) is 19.8 Å². The van der Waals surface area contributed by atoms with E-state index in [0.717, 1.165) is 12.8 Å². The van der Waals surface area contributed by atoms with E-state index < -0.39 is 6.00 Å². The molecule has 0 aromatic rings. The van der Waals surface area contributed by atoms with Crippen LogP contribution in [-0.2, 0) is 18.9 Å². The number of hydrogen-bond acceptors (Lipinski definition) is 4. The van der Waals surface area contributed by atoms with Crippen molar-refractivity contribution in [3.63, 3.8) is 0 Å². The third-order valence-corrected chi connectivity index (χ3v) is 3.21. The highest BCUT2D eigenvalue weighted by Crippen LogP contribution is 2.48. The van der Waals surface area contributed by atoms with Crippen LogP contribution >= 0.6 is 0 Å². The minimum absolute atomic E-state index is 0.0367. The largest absolute Gasteiger partial charge is 0.382 e. The van der Waals surface area contributed by atoms with Gasteiger partial charge < -0.3 is 18.9 Å². The quantitative estimate of drug-likeness (QED) is 0.639. The van der Waals surface area contributed by atoms with Gasteiger partial charge in [-0.3, -0.25) is 0 Å². The normalized spacial score (nSPS) is 36.5. The first-order valence-corrected chi connectivity index (χ1v) is 5.87. The summed E-state index contributed by atoms with van der Waals surface area (Å²) in [6.45, 7) is 3.66. The molecule has 2 fully saturated rings. The maximum absolute atomic E-state index is 6.01. The molecular formula is C11H19BO4. The SMILES string of the molecule is [B]C1OC(COC)C2(CC2)OC1COCC. The monoisotopic (exact) mass is 226 g/mol. The van der Waals surface area contributed by atoms with Crippen LogP contribution in [0.2, 0.25) is 0 Å². The number of hydrogen-bond donors (Lipinski definition) is 0. The fourth-order valence-corrected chi connectivity index (χ4v) is 2.11. The second kappa shape index (κ2) is 5.04. The predicted octanol–water partition coefficient (Wildman–Crippen LogP) is 0.480. The Morgan fingerprint density at radius 1 is 1.38 bits per heavy atom. The van der Waals surface area contributed by atoms with Crippen molar-refractivity contribution in [2.75, 3.05) is 26.9 Å². The van der Waals surface area contributed by atoms with E-state index in [1.54, 1.807) is 7.11 Å². The van der Waals surface area contributed by atoms with Crippen molar-refractivity contribution < 1.29 is 18.9 Å². The van der Waals surface area contributed by atoms with Gasteiger partial charge in [0.2, 0.25) is 0 Å². The van der Waals surface area contributed by atoms with Gasteiger partial charge >= 0.3 is 0 Å². The van der Waals surface area contributed by atoms with Crippen LogP contribution in [0, 0.1) is 0 Å². The summed E-state index contributed by atoms with van der Waals surface area (Å²) in [5.41, 5.74) is -0.159. The summed E-state index contributed by atoms with van der Waals surface area (Å²) in [7, 11) is 7.57. The topological polar surface area (TPSA) is 36.9 Å². The highest BCUT2D eigenvalue weighted by Gasteiger charge is 2.56. The van der Waals surface area contributed by atoms with E-state index >= 15 is 0 Å². The van der Waals surface area contributed by atoms with Crippen molar-refractivity contribution >= 4 is 7.85 Å². The van der Waals surface area contributed by atoms with Crippen molar-refractivity contribution in [2.24, 2.45) is 0 Å². The van der Waals surface area contributed by atoms with Crippen LogP contribution in [0.5, 0.6) is 0 Å². The summed E-state index contributed by atoms with van der Waals surface area (Å²) >= 11 is 0. The van der Waals surface area contributed by atoms with Crippen molar-refractivity contribution in [3.8, 4) is 0 Å². The zero-order valence-electron chi connectivity index (χ0n) is 9.98. The van der Waals surface area contributed by atoms with Crippen molar-refractivity contribution in [1.82, 2.24) is 0 Å². The van der Waals surface area contributed by atoms with Gasteiger partial charge in [0.15, 0.2) is 0 Å². The van der Waals surface area contributed by atoms with E-state index in [9.17, 15) is 0 Å². The van der Waals surface area contributed by atoms with E-state index in [1.807, 2.05) is 6.92 Å². The van der Waals surface area contributed by atoms with Gasteiger partial charge in [0.05, 0.1) is 24.9 Å². The van der Waals surface area contributed by atoms with Gasteiger partial charge in [-0.05, 0) is 19.8 Å². The lowest BCUT2D eigenvalue weighted by molar-refractivity contribution is -0.231. The fraction of sp³-hybridized carbons (Fsp3) is 1.00. The second-order valence-electron chi connectivity index (χ2n) is 4.43. The Kier molecular flexibility index (Phi) is 3.90. The Bertz CT molecular complexity index is 232. The van der Waals surface area contributed by atoms with Crippen molar-refractivity contribution in [3.05, 3.63) is 0 Å². The van der Waals surface area contributed by atoms with Crippen LogP contribution in [0.4, 0.5) is 0 Å². The Morgan fingerprint density at radius 3 is 2.69 bits per heavy atom. The smallest absolute Gasteiger partial charge is 0.112 e. The molecule has 3 atom stereocenters. The minimum atomic E-state index is -0.419. The Hall–Kier alpha value is -0.0951. The molecule has 3 unspecified atom stereocenters. The van der Waals surface area contributed by atoms with Gasteiger partial charge in [0.1, 0.15) is 14.0 Å². The Morgan fingerprint density at radius 2 is 2.12 bits per heavy atom. The van der Waals surface area contributed by atoms with Gasteiger partial charge in [-0.25, -0.2) is 0 Å². The van der Waals surface area contributed by atoms with E-state index in [4.69, 9.17) is 26.8 Å². The van der Waals surface area contributed by atoms with Gasteiger partial charge in [-0.1, -0.05) is 0 Å². The standard InChI is InChI=1S/C11H19BO4/c1-3-14-6-8-10(12)15-9(7-13-2)11(16-8)4-5-11/h8-10H,3-7H2,1-2H3. The molecule has 0 bridgehead atoms. The van der Waals surface area contributed by atoms with E-state index in [-0.39, 0.29) is 17.8 Å². The molecule has 4 nitrogen and oxygen atoms in total. The van der Waals surface area contributed by atoms with Gasteiger partial charge in [-0.2, -0.15) is 0 Å². The van der Waals surface area contributed by atoms with Crippen LogP contribution in [0.1, 0.15) is 19.8 Å². The number of ether oxygens (including phenoxy) is 4. The van der Waals surface area contributed by atoms with Crippen LogP contribution in [0.25, 0.3) is 0 Å². The molecule has 0 amide bonds. The van der Waals surface area contributed by atoms with Gasteiger partial charge in [-0.15, -0.1) is 0 Å². The average molecular weight is 226 g/mol. The lowest BCUT2D eigenvalue weighted by Gasteiger charge is -2.41. The molecule has 1 spiro atoms. The highest BCUT2D eigenvalue weighted by molar-refractivity contribution is 6.11. The summed E-state index contributed by atoms with van der Waals surface area (Å²) in [6, 6.07) is -0.419. The van der Waals surface area contributed by atoms with Crippen molar-refractivity contribution in [1.29, 1.82) is 0 Å². The van der Waals surface area contributed by atoms with E-state index in [2.05, 4.69) is 0 Å². The molecule has 1 heterocycles. The Balaban J connectivity index is 1.92. The minimum Gasteiger partial charge on any atom is -0.382 e. The molecule has 1 aliphatic heterocycles. The molecule has 2 radical (unpaired) electrons. The summed E-state index contributed by atoms with van der Waals surface area (Å²) in [6.07, 6.45) is 1.85. The molecule has 5 heteroatoms. The first-order chi connectivity index (χ1) is 7.72. The molecule has 1 aliphatic carbocycles. The summed E-state index contributed by atoms with van der Waals surface area (Å²) in [4.78, 5) is 0. The zero-order chi connectivity index (χ0) is 11.6. The highest BCUT2D eigenvalue weighted by atomic mass is 16.6. The lowest BCUT2D eigenvalue weighted by atomic mass is 9.91. The lowest BCUT2D eigenvalue weighted by Crippen LogP contribution is -2.54. The molecule has 0 aromatic carbocycles. The van der Waals surface area contributed by atoms with Gasteiger partial charge in [0.25, 0.3) is 0 Å². The second-order valence-corrected chi connectivity index (χ2v) is 4.43. The first-order valence-electron chi connectivity index (χ1n) is 5.87. The molecule has 16 heavy (non-hydrogen) atoms. The summed E-state index contributed by atoms with van der Waals surface area (Å²) in [5.74, 6) is 0. The molecule has 2 aliphatic rings. The predicted molar refractivity (Wildman–Crippen MR) is 59.6 cm³/mol. The van der Waals surface area contributed by atoms with Crippen LogP contribution in [0.3, 0.4) is 0 Å². The molecule has 0 aromatic heterocycles. The molecule has 90 valence electrons. The van der Waals surface area contributed by atoms with Crippen LogP contribution in [-0.4, -0.2) is 58.6 Å². The molecule has 0 N–H and O–H groups in total. The molecule has 1 saturated carbocycles. The molecule has 2 rings (SSSR count). The molecule has 1 saturated heterocycles. The zero-order valence-corrected chi connectivity index (χ0v) is 9.98. The Labute approximate surface area is 98.0 Å². The van der Waals surface area contributed by atoms with Crippen molar-refractivity contribution in [2.45, 2.75) is 43.6 Å². The fourth-order valence-electron chi connectivity index (χ4n) is 2.11. The third kappa shape index (κ3) is 2.42. The maximum Gasteiger partial charge on any atom is 0.112 e. The van der Waals surface area contributed by atoms with Crippen LogP contribution < -0.4 is 0 Å². The maximum atomic E-state index is 6.01. The summed E-state index contributed by atoms with van der Waals surface area (Å²) < 4.78 is 22.2. The first kappa shape index (κ1) is 12.4.